The third-order valence-electron chi connectivity index (χ3n) is 2.32. The molecule has 0 aromatic heterocycles. The molecule has 0 unspecified atom stereocenters. The SMILES string of the molecule is FC(F)(F)C(F)(F)C(F)(F)C(F)(F)CC1OCCO1. The average molecular weight is 306 g/mol. The fraction of sp³-hybridized carbons (Fsp3) is 1.00. The van der Waals surface area contributed by atoms with Gasteiger partial charge >= 0.3 is 23.9 Å². The van der Waals surface area contributed by atoms with Crippen LogP contribution in [0, 0.1) is 0 Å². The van der Waals surface area contributed by atoms with Gasteiger partial charge in [-0.25, -0.2) is 0 Å². The summed E-state index contributed by atoms with van der Waals surface area (Å²) in [4.78, 5) is 0. The molecule has 0 atom stereocenters. The molecule has 1 fully saturated rings. The Balaban J connectivity index is 2.95. The van der Waals surface area contributed by atoms with Crippen molar-refractivity contribution in [1.29, 1.82) is 0 Å². The topological polar surface area (TPSA) is 18.5 Å². The first-order valence-electron chi connectivity index (χ1n) is 4.76. The van der Waals surface area contributed by atoms with Crippen LogP contribution >= 0.6 is 0 Å². The highest BCUT2D eigenvalue weighted by molar-refractivity contribution is 5.00. The van der Waals surface area contributed by atoms with Gasteiger partial charge in [0.05, 0.1) is 19.6 Å². The predicted octanol–water partition coefficient (Wildman–Crippen LogP) is 3.22. The number of ether oxygens (including phenoxy) is 2. The first-order valence-corrected chi connectivity index (χ1v) is 4.76. The van der Waals surface area contributed by atoms with Gasteiger partial charge in [0.15, 0.2) is 6.29 Å². The molecule has 2 nitrogen and oxygen atoms in total. The number of rotatable bonds is 4. The lowest BCUT2D eigenvalue weighted by Gasteiger charge is -2.34. The molecule has 0 N–H and O–H groups in total. The number of hydrogen-bond donors (Lipinski definition) is 0. The minimum absolute atomic E-state index is 0.248. The van der Waals surface area contributed by atoms with Crippen LogP contribution in [0.2, 0.25) is 0 Å². The number of halogens is 9. The summed E-state index contributed by atoms with van der Waals surface area (Å²) in [6, 6.07) is 0. The summed E-state index contributed by atoms with van der Waals surface area (Å²) in [5.74, 6) is -19.1. The largest absolute Gasteiger partial charge is 0.460 e. The van der Waals surface area contributed by atoms with Crippen molar-refractivity contribution >= 4 is 0 Å². The molecule has 1 aliphatic rings. The maximum absolute atomic E-state index is 13.0. The highest BCUT2D eigenvalue weighted by atomic mass is 19.4. The average Bonchev–Trinajstić information content (AvgIpc) is 2.67. The minimum atomic E-state index is -6.87. The molecule has 0 amide bonds. The Bertz CT molecular complexity index is 319. The van der Waals surface area contributed by atoms with Gasteiger partial charge in [0.1, 0.15) is 0 Å². The number of hydrogen-bond acceptors (Lipinski definition) is 2. The lowest BCUT2D eigenvalue weighted by Crippen LogP contribution is -2.61. The summed E-state index contributed by atoms with van der Waals surface area (Å²) in [5.41, 5.74) is 0. The molecule has 1 aliphatic heterocycles. The zero-order chi connectivity index (χ0) is 15.1. The van der Waals surface area contributed by atoms with Crippen LogP contribution in [0.1, 0.15) is 6.42 Å². The minimum Gasteiger partial charge on any atom is -0.350 e. The molecule has 0 bridgehead atoms. The maximum Gasteiger partial charge on any atom is 0.460 e. The van der Waals surface area contributed by atoms with Gasteiger partial charge in [0.2, 0.25) is 0 Å². The van der Waals surface area contributed by atoms with E-state index in [9.17, 15) is 39.5 Å². The molecule has 19 heavy (non-hydrogen) atoms. The Morgan fingerprint density at radius 1 is 0.737 bits per heavy atom. The molecular formula is C8H7F9O2. The molecule has 1 rings (SSSR count). The lowest BCUT2D eigenvalue weighted by atomic mass is 10.0. The molecular weight excluding hydrogens is 299 g/mol. The smallest absolute Gasteiger partial charge is 0.350 e. The van der Waals surface area contributed by atoms with E-state index >= 15 is 0 Å². The fourth-order valence-electron chi connectivity index (χ4n) is 1.27. The Labute approximate surface area is 100 Å². The van der Waals surface area contributed by atoms with Crippen molar-refractivity contribution in [2.24, 2.45) is 0 Å². The van der Waals surface area contributed by atoms with E-state index in [1.54, 1.807) is 0 Å². The molecule has 0 spiro atoms. The first-order chi connectivity index (χ1) is 8.33. The van der Waals surface area contributed by atoms with Crippen molar-refractivity contribution in [1.82, 2.24) is 0 Å². The molecule has 0 aromatic carbocycles. The van der Waals surface area contributed by atoms with Crippen molar-refractivity contribution in [3.63, 3.8) is 0 Å². The Morgan fingerprint density at radius 2 is 1.16 bits per heavy atom. The van der Waals surface area contributed by atoms with Gasteiger partial charge < -0.3 is 9.47 Å². The van der Waals surface area contributed by atoms with E-state index in [4.69, 9.17) is 0 Å². The molecule has 11 heteroatoms. The van der Waals surface area contributed by atoms with Crippen LogP contribution in [0.15, 0.2) is 0 Å². The lowest BCUT2D eigenvalue weighted by molar-refractivity contribution is -0.400. The van der Waals surface area contributed by atoms with Gasteiger partial charge in [0, 0.05) is 0 Å². The van der Waals surface area contributed by atoms with Gasteiger partial charge in [0.25, 0.3) is 0 Å². The Morgan fingerprint density at radius 3 is 1.53 bits per heavy atom. The summed E-state index contributed by atoms with van der Waals surface area (Å²) >= 11 is 0. The van der Waals surface area contributed by atoms with Crippen molar-refractivity contribution in [3.05, 3.63) is 0 Å². The van der Waals surface area contributed by atoms with Crippen molar-refractivity contribution in [2.75, 3.05) is 13.2 Å². The summed E-state index contributed by atoms with van der Waals surface area (Å²) in [7, 11) is 0. The molecule has 0 aliphatic carbocycles. The monoisotopic (exact) mass is 306 g/mol. The van der Waals surface area contributed by atoms with Crippen LogP contribution in [-0.2, 0) is 9.47 Å². The van der Waals surface area contributed by atoms with E-state index in [0.717, 1.165) is 0 Å². The van der Waals surface area contributed by atoms with Crippen LogP contribution in [0.5, 0.6) is 0 Å². The van der Waals surface area contributed by atoms with Crippen LogP contribution in [0.4, 0.5) is 39.5 Å². The van der Waals surface area contributed by atoms with E-state index < -0.39 is 36.7 Å². The van der Waals surface area contributed by atoms with Gasteiger partial charge in [-0.15, -0.1) is 0 Å². The third kappa shape index (κ3) is 2.76. The Kier molecular flexibility index (Phi) is 4.03. The van der Waals surface area contributed by atoms with Gasteiger partial charge in [-0.2, -0.15) is 39.5 Å². The summed E-state index contributed by atoms with van der Waals surface area (Å²) < 4.78 is 120. The van der Waals surface area contributed by atoms with Crippen molar-refractivity contribution < 1.29 is 49.0 Å². The Hall–Kier alpha value is -0.710. The first kappa shape index (κ1) is 16.3. The van der Waals surface area contributed by atoms with Gasteiger partial charge in [-0.1, -0.05) is 0 Å². The van der Waals surface area contributed by atoms with Crippen molar-refractivity contribution in [3.8, 4) is 0 Å². The quantitative estimate of drug-likeness (QED) is 0.743. The van der Waals surface area contributed by atoms with Crippen LogP contribution in [0.3, 0.4) is 0 Å². The zero-order valence-electron chi connectivity index (χ0n) is 8.92. The molecule has 0 saturated carbocycles. The van der Waals surface area contributed by atoms with Crippen molar-refractivity contribution in [2.45, 2.75) is 36.7 Å². The standard InChI is InChI=1S/C8H7F9O2/c9-5(10,3-4-18-1-2-19-4)6(11,12)7(13,14)8(15,16)17/h4H,1-3H2. The maximum atomic E-state index is 13.0. The van der Waals surface area contributed by atoms with Crippen LogP contribution in [0.25, 0.3) is 0 Å². The van der Waals surface area contributed by atoms with E-state index in [1.807, 2.05) is 0 Å². The fourth-order valence-corrected chi connectivity index (χ4v) is 1.27. The predicted molar refractivity (Wildman–Crippen MR) is 41.2 cm³/mol. The molecule has 114 valence electrons. The van der Waals surface area contributed by atoms with E-state index in [2.05, 4.69) is 9.47 Å². The highest BCUT2D eigenvalue weighted by Gasteiger charge is 2.81. The van der Waals surface area contributed by atoms with Gasteiger partial charge in [-0.05, 0) is 0 Å². The summed E-state index contributed by atoms with van der Waals surface area (Å²) in [5, 5.41) is 0. The summed E-state index contributed by atoms with van der Waals surface area (Å²) in [6.45, 7) is -0.496. The van der Waals surface area contributed by atoms with Crippen LogP contribution in [-0.4, -0.2) is 43.4 Å². The second-order valence-corrected chi connectivity index (χ2v) is 3.73. The summed E-state index contributed by atoms with van der Waals surface area (Å²) in [6.07, 6.45) is -10.9. The normalized spacial score (nSPS) is 20.1. The van der Waals surface area contributed by atoms with Gasteiger partial charge in [-0.3, -0.25) is 0 Å². The second kappa shape index (κ2) is 4.69. The molecule has 1 saturated heterocycles. The molecule has 1 heterocycles. The molecule has 0 aromatic rings. The second-order valence-electron chi connectivity index (χ2n) is 3.73. The third-order valence-corrected chi connectivity index (χ3v) is 2.32. The van der Waals surface area contributed by atoms with Crippen LogP contribution < -0.4 is 0 Å². The zero-order valence-corrected chi connectivity index (χ0v) is 8.92. The molecule has 0 radical (unpaired) electrons. The van der Waals surface area contributed by atoms with E-state index in [1.165, 1.54) is 0 Å². The van der Waals surface area contributed by atoms with E-state index in [-0.39, 0.29) is 13.2 Å². The number of alkyl halides is 9. The van der Waals surface area contributed by atoms with E-state index in [0.29, 0.717) is 0 Å². The highest BCUT2D eigenvalue weighted by Crippen LogP contribution is 2.54.